The molecule has 2 rings (SSSR count). The van der Waals surface area contributed by atoms with Crippen molar-refractivity contribution in [3.8, 4) is 0 Å². The second kappa shape index (κ2) is 4.31. The van der Waals surface area contributed by atoms with E-state index >= 15 is 0 Å². The Balaban J connectivity index is 2.04. The normalized spacial score (nSPS) is 23.6. The number of hydrogen-bond acceptors (Lipinski definition) is 4. The van der Waals surface area contributed by atoms with Crippen molar-refractivity contribution in [1.29, 1.82) is 0 Å². The Labute approximate surface area is 90.7 Å². The van der Waals surface area contributed by atoms with Crippen LogP contribution in [0.2, 0.25) is 0 Å². The lowest BCUT2D eigenvalue weighted by Gasteiger charge is -2.33. The smallest absolute Gasteiger partial charge is 0.231 e. The van der Waals surface area contributed by atoms with Crippen molar-refractivity contribution in [2.24, 2.45) is 0 Å². The van der Waals surface area contributed by atoms with Gasteiger partial charge in [-0.1, -0.05) is 5.16 Å². The third kappa shape index (κ3) is 2.37. The maximum absolute atomic E-state index is 5.24. The van der Waals surface area contributed by atoms with Gasteiger partial charge in [-0.15, -0.1) is 0 Å². The zero-order valence-corrected chi connectivity index (χ0v) is 9.73. The molecular formula is C11H19N3O. The zero-order valence-electron chi connectivity index (χ0n) is 9.73. The van der Waals surface area contributed by atoms with Gasteiger partial charge >= 0.3 is 0 Å². The van der Waals surface area contributed by atoms with Crippen LogP contribution in [0.4, 0.5) is 0 Å². The Hall–Kier alpha value is -0.900. The summed E-state index contributed by atoms with van der Waals surface area (Å²) in [5, 5.41) is 3.86. The maximum atomic E-state index is 5.24. The number of likely N-dealkylation sites (tertiary alicyclic amines) is 1. The topological polar surface area (TPSA) is 42.2 Å². The summed E-state index contributed by atoms with van der Waals surface area (Å²) in [6, 6.07) is 0.608. The SMILES string of the molecule is Cc1noc(C2CCCN(C(C)C)C2)n1. The van der Waals surface area contributed by atoms with E-state index in [1.165, 1.54) is 19.4 Å². The van der Waals surface area contributed by atoms with E-state index in [0.717, 1.165) is 18.3 Å². The minimum absolute atomic E-state index is 0.433. The van der Waals surface area contributed by atoms with Gasteiger partial charge in [0.1, 0.15) is 0 Å². The molecular weight excluding hydrogens is 190 g/mol. The predicted octanol–water partition coefficient (Wildman–Crippen LogP) is 1.97. The Morgan fingerprint density at radius 3 is 2.87 bits per heavy atom. The van der Waals surface area contributed by atoms with E-state index in [4.69, 9.17) is 4.52 Å². The van der Waals surface area contributed by atoms with Gasteiger partial charge in [0.05, 0.1) is 5.92 Å². The first kappa shape index (κ1) is 10.6. The lowest BCUT2D eigenvalue weighted by Crippen LogP contribution is -2.39. The number of aryl methyl sites for hydroxylation is 1. The summed E-state index contributed by atoms with van der Waals surface area (Å²) in [6.45, 7) is 8.60. The molecule has 84 valence electrons. The summed E-state index contributed by atoms with van der Waals surface area (Å²) in [6.07, 6.45) is 2.40. The molecule has 0 aliphatic carbocycles. The monoisotopic (exact) mass is 209 g/mol. The molecule has 0 bridgehead atoms. The fraction of sp³-hybridized carbons (Fsp3) is 0.818. The highest BCUT2D eigenvalue weighted by molar-refractivity contribution is 4.96. The highest BCUT2D eigenvalue weighted by Crippen LogP contribution is 2.26. The van der Waals surface area contributed by atoms with Crippen LogP contribution in [0.5, 0.6) is 0 Å². The highest BCUT2D eigenvalue weighted by Gasteiger charge is 2.26. The van der Waals surface area contributed by atoms with Crippen molar-refractivity contribution in [2.45, 2.75) is 45.6 Å². The van der Waals surface area contributed by atoms with Crippen LogP contribution in [-0.4, -0.2) is 34.2 Å². The largest absolute Gasteiger partial charge is 0.339 e. The number of hydrogen-bond donors (Lipinski definition) is 0. The molecule has 1 saturated heterocycles. The van der Waals surface area contributed by atoms with Crippen LogP contribution in [0.3, 0.4) is 0 Å². The summed E-state index contributed by atoms with van der Waals surface area (Å²) >= 11 is 0. The van der Waals surface area contributed by atoms with E-state index in [1.54, 1.807) is 0 Å². The van der Waals surface area contributed by atoms with Crippen molar-refractivity contribution in [2.75, 3.05) is 13.1 Å². The zero-order chi connectivity index (χ0) is 10.8. The molecule has 4 heteroatoms. The average Bonchev–Trinajstić information content (AvgIpc) is 2.65. The van der Waals surface area contributed by atoms with Crippen molar-refractivity contribution in [3.63, 3.8) is 0 Å². The van der Waals surface area contributed by atoms with Gasteiger partial charge in [-0.05, 0) is 40.2 Å². The van der Waals surface area contributed by atoms with Crippen LogP contribution in [0, 0.1) is 6.92 Å². The van der Waals surface area contributed by atoms with Gasteiger partial charge in [-0.2, -0.15) is 4.98 Å². The van der Waals surface area contributed by atoms with Crippen molar-refractivity contribution < 1.29 is 4.52 Å². The minimum Gasteiger partial charge on any atom is -0.339 e. The molecule has 1 unspecified atom stereocenters. The summed E-state index contributed by atoms with van der Waals surface area (Å²) in [7, 11) is 0. The van der Waals surface area contributed by atoms with E-state index in [2.05, 4.69) is 28.9 Å². The van der Waals surface area contributed by atoms with E-state index in [-0.39, 0.29) is 0 Å². The number of nitrogens with zero attached hydrogens (tertiary/aromatic N) is 3. The van der Waals surface area contributed by atoms with Crippen LogP contribution in [0.25, 0.3) is 0 Å². The van der Waals surface area contributed by atoms with Crippen LogP contribution < -0.4 is 0 Å². The van der Waals surface area contributed by atoms with Crippen molar-refractivity contribution in [1.82, 2.24) is 15.0 Å². The molecule has 1 aliphatic rings. The van der Waals surface area contributed by atoms with Gasteiger partial charge in [0.25, 0.3) is 0 Å². The molecule has 0 radical (unpaired) electrons. The first-order chi connectivity index (χ1) is 7.16. The molecule has 0 amide bonds. The molecule has 15 heavy (non-hydrogen) atoms. The van der Waals surface area contributed by atoms with E-state index in [0.29, 0.717) is 12.0 Å². The molecule has 1 fully saturated rings. The summed E-state index contributed by atoms with van der Waals surface area (Å²) in [5.41, 5.74) is 0. The van der Waals surface area contributed by atoms with E-state index in [1.807, 2.05) is 6.92 Å². The van der Waals surface area contributed by atoms with Gasteiger partial charge in [-0.3, -0.25) is 0 Å². The quantitative estimate of drug-likeness (QED) is 0.746. The third-order valence-electron chi connectivity index (χ3n) is 3.08. The molecule has 0 spiro atoms. The molecule has 4 nitrogen and oxygen atoms in total. The molecule has 1 aromatic heterocycles. The Morgan fingerprint density at radius 1 is 1.47 bits per heavy atom. The summed E-state index contributed by atoms with van der Waals surface area (Å²) in [5.74, 6) is 1.99. The number of piperidine rings is 1. The maximum Gasteiger partial charge on any atom is 0.231 e. The summed E-state index contributed by atoms with van der Waals surface area (Å²) in [4.78, 5) is 6.80. The minimum atomic E-state index is 0.433. The fourth-order valence-corrected chi connectivity index (χ4v) is 2.16. The van der Waals surface area contributed by atoms with Gasteiger partial charge in [0.2, 0.25) is 5.89 Å². The lowest BCUT2D eigenvalue weighted by atomic mass is 9.97. The van der Waals surface area contributed by atoms with Crippen LogP contribution in [0.15, 0.2) is 4.52 Å². The van der Waals surface area contributed by atoms with Crippen LogP contribution in [-0.2, 0) is 0 Å². The molecule has 0 aromatic carbocycles. The summed E-state index contributed by atoms with van der Waals surface area (Å²) < 4.78 is 5.24. The fourth-order valence-electron chi connectivity index (χ4n) is 2.16. The average molecular weight is 209 g/mol. The van der Waals surface area contributed by atoms with Gasteiger partial charge < -0.3 is 9.42 Å². The van der Waals surface area contributed by atoms with E-state index < -0.39 is 0 Å². The standard InChI is InChI=1S/C11H19N3O/c1-8(2)14-6-4-5-10(7-14)11-12-9(3)13-15-11/h8,10H,4-7H2,1-3H3. The van der Waals surface area contributed by atoms with Gasteiger partial charge in [0, 0.05) is 12.6 Å². The van der Waals surface area contributed by atoms with Crippen molar-refractivity contribution in [3.05, 3.63) is 11.7 Å². The highest BCUT2D eigenvalue weighted by atomic mass is 16.5. The van der Waals surface area contributed by atoms with Gasteiger partial charge in [-0.25, -0.2) is 0 Å². The molecule has 0 saturated carbocycles. The lowest BCUT2D eigenvalue weighted by molar-refractivity contribution is 0.153. The van der Waals surface area contributed by atoms with Crippen LogP contribution >= 0.6 is 0 Å². The number of aromatic nitrogens is 2. The molecule has 1 aliphatic heterocycles. The molecule has 2 heterocycles. The Bertz CT molecular complexity index is 321. The Kier molecular flexibility index (Phi) is 3.05. The Morgan fingerprint density at radius 2 is 2.27 bits per heavy atom. The first-order valence-corrected chi connectivity index (χ1v) is 5.71. The predicted molar refractivity (Wildman–Crippen MR) is 57.7 cm³/mol. The van der Waals surface area contributed by atoms with Gasteiger partial charge in [0.15, 0.2) is 5.82 Å². The van der Waals surface area contributed by atoms with Crippen LogP contribution in [0.1, 0.15) is 44.3 Å². The second-order valence-electron chi connectivity index (χ2n) is 4.61. The third-order valence-corrected chi connectivity index (χ3v) is 3.08. The number of rotatable bonds is 2. The molecule has 0 N–H and O–H groups in total. The van der Waals surface area contributed by atoms with Crippen molar-refractivity contribution >= 4 is 0 Å². The first-order valence-electron chi connectivity index (χ1n) is 5.71. The molecule has 1 aromatic rings. The second-order valence-corrected chi connectivity index (χ2v) is 4.61. The van der Waals surface area contributed by atoms with E-state index in [9.17, 15) is 0 Å². The molecule has 1 atom stereocenters.